The molecule has 3 nitrogen and oxygen atoms in total. The minimum atomic E-state index is 0.370. The zero-order valence-corrected chi connectivity index (χ0v) is 12.3. The summed E-state index contributed by atoms with van der Waals surface area (Å²) in [5, 5.41) is 0.635. The molecule has 0 aromatic carbocycles. The molecular weight excluding hydrogens is 270 g/mol. The molecule has 1 unspecified atom stereocenters. The highest BCUT2D eigenvalue weighted by Gasteiger charge is 2.32. The molecule has 0 spiro atoms. The molecule has 104 valence electrons. The van der Waals surface area contributed by atoms with Gasteiger partial charge in [-0.2, -0.15) is 0 Å². The second-order valence-corrected chi connectivity index (χ2v) is 5.84. The van der Waals surface area contributed by atoms with Gasteiger partial charge in [0.25, 0.3) is 0 Å². The second kappa shape index (κ2) is 5.51. The Hall–Kier alpha value is -1.45. The van der Waals surface area contributed by atoms with Crippen LogP contribution < -0.4 is 5.73 Å². The van der Waals surface area contributed by atoms with Crippen LogP contribution in [0.25, 0.3) is 11.3 Å². The number of aromatic nitrogens is 2. The van der Waals surface area contributed by atoms with Gasteiger partial charge < -0.3 is 5.73 Å². The van der Waals surface area contributed by atoms with Gasteiger partial charge in [0.2, 0.25) is 0 Å². The van der Waals surface area contributed by atoms with Gasteiger partial charge >= 0.3 is 0 Å². The maximum Gasteiger partial charge on any atom is 0.0750 e. The molecule has 3 rings (SSSR count). The van der Waals surface area contributed by atoms with Crippen molar-refractivity contribution in [3.05, 3.63) is 46.9 Å². The summed E-state index contributed by atoms with van der Waals surface area (Å²) in [5.74, 6) is 1.07. The summed E-state index contributed by atoms with van der Waals surface area (Å²) in [5.41, 5.74) is 10.0. The average Bonchev–Trinajstić information content (AvgIpc) is 3.27. The summed E-state index contributed by atoms with van der Waals surface area (Å²) in [4.78, 5) is 8.88. The van der Waals surface area contributed by atoms with Gasteiger partial charge in [0.1, 0.15) is 0 Å². The van der Waals surface area contributed by atoms with Crippen molar-refractivity contribution in [3.8, 4) is 11.3 Å². The summed E-state index contributed by atoms with van der Waals surface area (Å²) in [6, 6.07) is 6.12. The van der Waals surface area contributed by atoms with Gasteiger partial charge in [0, 0.05) is 36.1 Å². The number of aryl methyl sites for hydroxylation is 1. The van der Waals surface area contributed by atoms with Gasteiger partial charge in [-0.05, 0) is 43.4 Å². The van der Waals surface area contributed by atoms with Crippen LogP contribution in [0.3, 0.4) is 0 Å². The van der Waals surface area contributed by atoms with Gasteiger partial charge in [-0.3, -0.25) is 9.97 Å². The zero-order valence-electron chi connectivity index (χ0n) is 11.5. The first-order chi connectivity index (χ1) is 9.70. The lowest BCUT2D eigenvalue weighted by Gasteiger charge is -2.16. The Morgan fingerprint density at radius 2 is 2.15 bits per heavy atom. The molecule has 4 heteroatoms. The summed E-state index contributed by atoms with van der Waals surface area (Å²) in [6.07, 6.45) is 5.94. The van der Waals surface area contributed by atoms with Crippen LogP contribution in [-0.4, -0.2) is 16.5 Å². The minimum absolute atomic E-state index is 0.370. The lowest BCUT2D eigenvalue weighted by molar-refractivity contribution is 0.599. The molecule has 2 heterocycles. The molecule has 1 atom stereocenters. The van der Waals surface area contributed by atoms with Crippen LogP contribution in [-0.2, 0) is 0 Å². The molecule has 0 radical (unpaired) electrons. The zero-order chi connectivity index (χ0) is 14.1. The second-order valence-electron chi connectivity index (χ2n) is 5.44. The number of nitrogens with two attached hydrogens (primary N) is 1. The number of nitrogens with zero attached hydrogens (tertiary/aromatic N) is 2. The monoisotopic (exact) mass is 287 g/mol. The van der Waals surface area contributed by atoms with E-state index in [1.165, 1.54) is 12.8 Å². The lowest BCUT2D eigenvalue weighted by Crippen LogP contribution is -2.16. The summed E-state index contributed by atoms with van der Waals surface area (Å²) >= 11 is 6.24. The van der Waals surface area contributed by atoms with Crippen LogP contribution >= 0.6 is 11.6 Å². The van der Waals surface area contributed by atoms with Crippen molar-refractivity contribution in [1.82, 2.24) is 9.97 Å². The van der Waals surface area contributed by atoms with E-state index in [9.17, 15) is 0 Å². The number of rotatable bonds is 4. The summed E-state index contributed by atoms with van der Waals surface area (Å²) in [6.45, 7) is 2.71. The van der Waals surface area contributed by atoms with Crippen molar-refractivity contribution in [2.24, 2.45) is 11.7 Å². The maximum absolute atomic E-state index is 6.24. The lowest BCUT2D eigenvalue weighted by atomic mass is 9.97. The number of halogens is 1. The highest BCUT2D eigenvalue weighted by molar-refractivity contribution is 6.33. The highest BCUT2D eigenvalue weighted by Crippen LogP contribution is 2.42. The van der Waals surface area contributed by atoms with Crippen LogP contribution in [0, 0.1) is 12.8 Å². The molecule has 1 aliphatic rings. The Morgan fingerprint density at radius 3 is 2.80 bits per heavy atom. The molecule has 1 aliphatic carbocycles. The Kier molecular flexibility index (Phi) is 3.72. The first kappa shape index (κ1) is 13.5. The fourth-order valence-corrected chi connectivity index (χ4v) is 2.85. The normalized spacial score (nSPS) is 16.1. The van der Waals surface area contributed by atoms with Gasteiger partial charge in [0.15, 0.2) is 0 Å². The third-order valence-electron chi connectivity index (χ3n) is 3.97. The van der Waals surface area contributed by atoms with Crippen LogP contribution in [0.5, 0.6) is 0 Å². The van der Waals surface area contributed by atoms with E-state index in [0.717, 1.165) is 22.5 Å². The molecule has 2 aromatic rings. The fourth-order valence-electron chi connectivity index (χ4n) is 2.64. The Morgan fingerprint density at radius 1 is 1.35 bits per heavy atom. The fraction of sp³-hybridized carbons (Fsp3) is 0.375. The van der Waals surface area contributed by atoms with Crippen molar-refractivity contribution in [2.45, 2.75) is 25.7 Å². The molecule has 0 bridgehead atoms. The molecule has 0 amide bonds. The largest absolute Gasteiger partial charge is 0.330 e. The van der Waals surface area contributed by atoms with E-state index >= 15 is 0 Å². The van der Waals surface area contributed by atoms with Crippen molar-refractivity contribution in [3.63, 3.8) is 0 Å². The third-order valence-corrected chi connectivity index (χ3v) is 4.27. The van der Waals surface area contributed by atoms with Crippen LogP contribution in [0.1, 0.15) is 30.0 Å². The molecule has 2 N–H and O–H groups in total. The predicted molar refractivity (Wildman–Crippen MR) is 81.7 cm³/mol. The van der Waals surface area contributed by atoms with Crippen LogP contribution in [0.15, 0.2) is 30.6 Å². The highest BCUT2D eigenvalue weighted by atomic mass is 35.5. The van der Waals surface area contributed by atoms with E-state index in [4.69, 9.17) is 22.3 Å². The van der Waals surface area contributed by atoms with Gasteiger partial charge in [-0.1, -0.05) is 17.7 Å². The molecular formula is C16H18ClN3. The topological polar surface area (TPSA) is 51.8 Å². The minimum Gasteiger partial charge on any atom is -0.330 e. The smallest absolute Gasteiger partial charge is 0.0750 e. The molecule has 2 aromatic heterocycles. The Labute approximate surface area is 124 Å². The van der Waals surface area contributed by atoms with Gasteiger partial charge in [-0.15, -0.1) is 0 Å². The molecule has 20 heavy (non-hydrogen) atoms. The number of hydrogen-bond acceptors (Lipinski definition) is 3. The van der Waals surface area contributed by atoms with E-state index in [1.807, 2.05) is 6.07 Å². The third kappa shape index (κ3) is 2.56. The first-order valence-electron chi connectivity index (χ1n) is 6.98. The van der Waals surface area contributed by atoms with E-state index in [0.29, 0.717) is 23.4 Å². The molecule has 0 saturated heterocycles. The Bertz CT molecular complexity index is 623. The number of hydrogen-bond donors (Lipinski definition) is 1. The van der Waals surface area contributed by atoms with Crippen LogP contribution in [0.2, 0.25) is 5.02 Å². The molecule has 1 fully saturated rings. The molecule has 1 saturated carbocycles. The van der Waals surface area contributed by atoms with Gasteiger partial charge in [-0.25, -0.2) is 0 Å². The van der Waals surface area contributed by atoms with Gasteiger partial charge in [0.05, 0.1) is 10.7 Å². The van der Waals surface area contributed by atoms with Crippen molar-refractivity contribution < 1.29 is 0 Å². The number of pyridine rings is 2. The Balaban J connectivity index is 2.05. The van der Waals surface area contributed by atoms with Crippen molar-refractivity contribution in [2.75, 3.05) is 6.54 Å². The summed E-state index contributed by atoms with van der Waals surface area (Å²) in [7, 11) is 0. The van der Waals surface area contributed by atoms with E-state index in [1.54, 1.807) is 12.4 Å². The van der Waals surface area contributed by atoms with Crippen molar-refractivity contribution in [1.29, 1.82) is 0 Å². The predicted octanol–water partition coefficient (Wildman–Crippen LogP) is 3.56. The van der Waals surface area contributed by atoms with E-state index in [-0.39, 0.29) is 0 Å². The summed E-state index contributed by atoms with van der Waals surface area (Å²) < 4.78 is 0. The van der Waals surface area contributed by atoms with E-state index in [2.05, 4.69) is 24.0 Å². The van der Waals surface area contributed by atoms with Crippen LogP contribution in [0.4, 0.5) is 0 Å². The van der Waals surface area contributed by atoms with E-state index < -0.39 is 0 Å². The maximum atomic E-state index is 6.24. The standard InChI is InChI=1S/C16H18ClN3/c1-10-2-5-15(13(8-18)11-3-4-11)20-16(10)12-6-7-19-9-14(12)17/h2,5-7,9,11,13H,3-4,8,18H2,1H3. The van der Waals surface area contributed by atoms with Crippen molar-refractivity contribution >= 4 is 11.6 Å². The SMILES string of the molecule is Cc1ccc(C(CN)C2CC2)nc1-c1ccncc1Cl. The molecule has 0 aliphatic heterocycles. The average molecular weight is 288 g/mol. The quantitative estimate of drug-likeness (QED) is 0.935. The first-order valence-corrected chi connectivity index (χ1v) is 7.36.